The molecule has 0 radical (unpaired) electrons. The minimum Gasteiger partial charge on any atom is -0.871 e. The number of unbranched alkanes of at least 4 members (excludes halogenated alkanes) is 30. The number of hydrogen-bond donors (Lipinski definition) is 0. The van der Waals surface area contributed by atoms with Gasteiger partial charge >= 0.3 is 11.8 Å². The fourth-order valence-corrected chi connectivity index (χ4v) is 10.8. The van der Waals surface area contributed by atoms with Crippen LogP contribution in [0.4, 0.5) is 0 Å². The minimum atomic E-state index is -2.23. The highest BCUT2D eigenvalue weighted by Gasteiger charge is 2.35. The summed E-state index contributed by atoms with van der Waals surface area (Å²) < 4.78 is 19.9. The van der Waals surface area contributed by atoms with Crippen molar-refractivity contribution in [2.75, 3.05) is 33.0 Å². The molecule has 0 saturated heterocycles. The summed E-state index contributed by atoms with van der Waals surface area (Å²) in [5, 5.41) is 21.4. The third-order valence-electron chi connectivity index (χ3n) is 15.4. The lowest BCUT2D eigenvalue weighted by atomic mass is 9.67. The maximum absolute atomic E-state index is 10.7. The van der Waals surface area contributed by atoms with E-state index in [1.165, 1.54) is 209 Å². The lowest BCUT2D eigenvalue weighted by Crippen LogP contribution is -2.48. The van der Waals surface area contributed by atoms with Crippen LogP contribution in [-0.2, 0) is 10.1 Å². The number of rotatable bonds is 48. The molecule has 0 bridgehead atoms. The van der Waals surface area contributed by atoms with Gasteiger partial charge in [0.2, 0.25) is 12.4 Å². The van der Waals surface area contributed by atoms with Crippen molar-refractivity contribution in [3.05, 3.63) is 156 Å². The van der Waals surface area contributed by atoms with Gasteiger partial charge in [-0.2, -0.15) is 0 Å². The van der Waals surface area contributed by atoms with E-state index in [1.54, 1.807) is 9.46 Å². The molecule has 2 aromatic heterocycles. The molecule has 0 atom stereocenters. The Morgan fingerprint density at radius 3 is 0.890 bits per heavy atom. The van der Waals surface area contributed by atoms with Crippen LogP contribution in [0.25, 0.3) is 0 Å². The zero-order valence-electron chi connectivity index (χ0n) is 52.2. The molecule has 5 rings (SSSR count). The highest BCUT2D eigenvalue weighted by atomic mass is 16.7. The van der Waals surface area contributed by atoms with Crippen LogP contribution in [0.5, 0.6) is 11.8 Å². The molecule has 9 nitrogen and oxygen atoms in total. The number of hydrogen-bond acceptors (Lipinski definition) is 7. The molecule has 0 N–H and O–H groups in total. The van der Waals surface area contributed by atoms with Crippen LogP contribution in [0.2, 0.25) is 0 Å². The Hall–Kier alpha value is -4.90. The van der Waals surface area contributed by atoms with Gasteiger partial charge in [0, 0.05) is 33.6 Å². The number of nitrogens with zero attached hydrogens (tertiary/aromatic N) is 2. The number of benzene rings is 3. The first-order chi connectivity index (χ1) is 40.5. The predicted octanol–water partition coefficient (Wildman–Crippen LogP) is 16.6. The van der Waals surface area contributed by atoms with Gasteiger partial charge in [-0.25, -0.2) is 0 Å². The van der Waals surface area contributed by atoms with Gasteiger partial charge in [0.25, 0.3) is 0 Å². The zero-order valence-corrected chi connectivity index (χ0v) is 52.2. The van der Waals surface area contributed by atoms with Crippen molar-refractivity contribution in [1.82, 2.24) is 0 Å². The molecule has 0 fully saturated rings. The second kappa shape index (κ2) is 50.6. The summed E-state index contributed by atoms with van der Waals surface area (Å²) >= 11 is 0. The van der Waals surface area contributed by atoms with E-state index in [1.807, 2.05) is 117 Å². The quantitative estimate of drug-likeness (QED) is 0.0166. The molecular formula is C72H113BN2O7. The Kier molecular flexibility index (Phi) is 44.0. The summed E-state index contributed by atoms with van der Waals surface area (Å²) in [5.41, 5.74) is 3.17. The van der Waals surface area contributed by atoms with Crippen molar-refractivity contribution in [3.63, 3.8) is 0 Å². The smallest absolute Gasteiger partial charge is 0.416 e. The first kappa shape index (κ1) is 71.4. The van der Waals surface area contributed by atoms with Gasteiger partial charge in [0.15, 0.2) is 13.2 Å². The van der Waals surface area contributed by atoms with E-state index < -0.39 is 7.32 Å². The number of pyridine rings is 2. The van der Waals surface area contributed by atoms with Crippen LogP contribution in [0.1, 0.15) is 263 Å². The van der Waals surface area contributed by atoms with Crippen molar-refractivity contribution in [2.24, 2.45) is 0 Å². The molecule has 3 aromatic carbocycles. The molecule has 456 valence electrons. The van der Waals surface area contributed by atoms with Crippen LogP contribution in [-0.4, -0.2) is 40.4 Å². The van der Waals surface area contributed by atoms with Crippen LogP contribution >= 0.6 is 0 Å². The second-order valence-electron chi connectivity index (χ2n) is 22.1. The van der Waals surface area contributed by atoms with Gasteiger partial charge < -0.3 is 24.2 Å². The van der Waals surface area contributed by atoms with E-state index in [0.29, 0.717) is 19.6 Å². The Balaban J connectivity index is 0.000000323. The number of ether oxygens (including phenoxy) is 2. The van der Waals surface area contributed by atoms with E-state index in [9.17, 15) is 10.0 Å². The van der Waals surface area contributed by atoms with E-state index >= 15 is 0 Å². The van der Waals surface area contributed by atoms with E-state index in [-0.39, 0.29) is 12.0 Å². The van der Waals surface area contributed by atoms with Crippen molar-refractivity contribution in [3.8, 4) is 11.8 Å². The normalized spacial score (nSPS) is 11.0. The highest BCUT2D eigenvalue weighted by molar-refractivity contribution is 6.28. The third-order valence-corrected chi connectivity index (χ3v) is 15.4. The highest BCUT2D eigenvalue weighted by Crippen LogP contribution is 2.43. The van der Waals surface area contributed by atoms with Crippen molar-refractivity contribution < 1.29 is 43.3 Å². The maximum atomic E-state index is 10.7. The molecule has 0 saturated carbocycles. The molecule has 10 heteroatoms. The molecule has 82 heavy (non-hydrogen) atoms. The molecule has 0 aliphatic rings. The van der Waals surface area contributed by atoms with Crippen molar-refractivity contribution in [1.29, 1.82) is 0 Å². The van der Waals surface area contributed by atoms with Gasteiger partial charge in [0.1, 0.15) is 0 Å². The summed E-state index contributed by atoms with van der Waals surface area (Å²) in [4.78, 5) is 11.0. The lowest BCUT2D eigenvalue weighted by Gasteiger charge is -2.37. The van der Waals surface area contributed by atoms with Gasteiger partial charge in [-0.15, -0.1) is 0 Å². The van der Waals surface area contributed by atoms with E-state index in [0.717, 1.165) is 44.2 Å². The predicted molar refractivity (Wildman–Crippen MR) is 338 cm³/mol. The Labute approximate surface area is 501 Å². The average molecular weight is 1130 g/mol. The SMILES string of the molecule is CCCCCCCCCCCCCCCCCCOc1cccc[n+]1OCC.CCCCCCCCCCCCCCCCCCOc1cccc[n+]1OCC.[O-]B([O-])OCCCC(c1ccccc1)(c1ccccc1)c1ccccc1. The molecule has 0 aliphatic carbocycles. The standard InChI is InChI=1S/2C25H46NO2.C22H21BO3/c2*1-3-5-6-7-8-9-10-11-12-13-14-15-16-17-18-21-24-27-25-22-19-20-23-26(25)28-4-2;24-23(25)26-18-10-17-22(19-11-4-1-5-12-19,20-13-6-2-7-14-20)21-15-8-3-9-16-21/h2*19-20,22-23H,3-18,21,24H2,1-2H3;1-9,11-16H,10,17-18H2/q2*+1;-2. The van der Waals surface area contributed by atoms with Crippen LogP contribution in [0.15, 0.2) is 140 Å². The fourth-order valence-electron chi connectivity index (χ4n) is 10.8. The van der Waals surface area contributed by atoms with Gasteiger partial charge in [0.05, 0.1) is 32.7 Å². The summed E-state index contributed by atoms with van der Waals surface area (Å²) in [6.45, 7) is 11.5. The topological polar surface area (TPSA) is 100 Å². The van der Waals surface area contributed by atoms with Crippen LogP contribution in [0, 0.1) is 0 Å². The first-order valence-corrected chi connectivity index (χ1v) is 33.1. The van der Waals surface area contributed by atoms with Gasteiger partial charge in [-0.05, 0) is 68.4 Å². The fraction of sp³-hybridized carbons (Fsp3) is 0.611. The third kappa shape index (κ3) is 33.4. The average Bonchev–Trinajstić information content (AvgIpc) is 2.68. The zero-order chi connectivity index (χ0) is 58.5. The first-order valence-electron chi connectivity index (χ1n) is 33.1. The van der Waals surface area contributed by atoms with Crippen molar-refractivity contribution >= 4 is 7.32 Å². The molecule has 0 spiro atoms. The van der Waals surface area contributed by atoms with Gasteiger partial charge in [-0.3, -0.25) is 9.68 Å². The molecule has 0 amide bonds. The summed E-state index contributed by atoms with van der Waals surface area (Å²) in [6, 6.07) is 42.8. The van der Waals surface area contributed by atoms with Crippen LogP contribution < -0.4 is 38.7 Å². The summed E-state index contributed by atoms with van der Waals surface area (Å²) in [7, 11) is -2.23. The Morgan fingerprint density at radius 2 is 0.610 bits per heavy atom. The minimum absolute atomic E-state index is 0.159. The summed E-state index contributed by atoms with van der Waals surface area (Å²) in [5.74, 6) is 1.59. The largest absolute Gasteiger partial charge is 0.871 e. The molecule has 0 unspecified atom stereocenters. The van der Waals surface area contributed by atoms with E-state index in [4.69, 9.17) is 23.8 Å². The Bertz CT molecular complexity index is 1970. The molecular weight excluding hydrogens is 1020 g/mol. The second-order valence-corrected chi connectivity index (χ2v) is 22.1. The van der Waals surface area contributed by atoms with E-state index in [2.05, 4.69) is 50.2 Å². The van der Waals surface area contributed by atoms with Gasteiger partial charge in [-0.1, -0.05) is 297 Å². The Morgan fingerprint density at radius 1 is 0.329 bits per heavy atom. The lowest BCUT2D eigenvalue weighted by molar-refractivity contribution is -0.892. The van der Waals surface area contributed by atoms with Crippen LogP contribution in [0.3, 0.4) is 0 Å². The number of aromatic nitrogens is 2. The molecule has 2 heterocycles. The monoisotopic (exact) mass is 1130 g/mol. The maximum Gasteiger partial charge on any atom is 0.416 e. The molecule has 0 aliphatic heterocycles. The molecule has 5 aromatic rings. The summed E-state index contributed by atoms with van der Waals surface area (Å²) in [6.07, 6.45) is 49.8. The van der Waals surface area contributed by atoms with Crippen molar-refractivity contribution in [2.45, 2.75) is 251 Å².